The van der Waals surface area contributed by atoms with Gasteiger partial charge in [0, 0.05) is 31.7 Å². The predicted molar refractivity (Wildman–Crippen MR) is 102 cm³/mol. The number of carbonyl (C=O) groups is 1. The number of hydrogen-bond donors (Lipinski definition) is 0. The lowest BCUT2D eigenvalue weighted by molar-refractivity contribution is -0.0784. The Labute approximate surface area is 155 Å². The zero-order valence-electron chi connectivity index (χ0n) is 15.1. The van der Waals surface area contributed by atoms with Gasteiger partial charge in [-0.15, -0.1) is 0 Å². The third kappa shape index (κ3) is 3.53. The molecular formula is C22H26N2O2. The van der Waals surface area contributed by atoms with Crippen molar-refractivity contribution in [1.29, 1.82) is 0 Å². The number of ether oxygens (including phenoxy) is 1. The summed E-state index contributed by atoms with van der Waals surface area (Å²) in [6.45, 7) is 4.95. The van der Waals surface area contributed by atoms with E-state index in [0.717, 1.165) is 38.0 Å². The van der Waals surface area contributed by atoms with Gasteiger partial charge in [0.2, 0.25) is 0 Å². The number of morpholine rings is 1. The third-order valence-electron chi connectivity index (χ3n) is 5.70. The third-order valence-corrected chi connectivity index (χ3v) is 5.70. The molecule has 0 atom stereocenters. The van der Waals surface area contributed by atoms with Crippen molar-refractivity contribution in [1.82, 2.24) is 9.80 Å². The summed E-state index contributed by atoms with van der Waals surface area (Å²) >= 11 is 0. The molecule has 4 rings (SSSR count). The van der Waals surface area contributed by atoms with Crippen LogP contribution in [0, 0.1) is 0 Å². The number of carbonyl (C=O) groups excluding carboxylic acids is 1. The minimum atomic E-state index is -0.154. The van der Waals surface area contributed by atoms with Crippen molar-refractivity contribution in [2.45, 2.75) is 24.9 Å². The fourth-order valence-corrected chi connectivity index (χ4v) is 4.17. The maximum Gasteiger partial charge on any atom is 0.254 e. The van der Waals surface area contributed by atoms with Crippen molar-refractivity contribution in [2.24, 2.45) is 0 Å². The lowest BCUT2D eigenvalue weighted by Gasteiger charge is -2.51. The van der Waals surface area contributed by atoms with Crippen molar-refractivity contribution >= 4 is 5.91 Å². The molecule has 0 aliphatic carbocycles. The standard InChI is InChI=1S/C22H26N2O2/c25-21(20-9-5-2-6-10-20)24-15-16-26-18-22(24)11-13-23(14-12-22)17-19-7-3-1-4-8-19/h1-10H,11-18H2. The second kappa shape index (κ2) is 7.60. The molecule has 2 aromatic rings. The molecular weight excluding hydrogens is 324 g/mol. The Morgan fingerprint density at radius 2 is 1.58 bits per heavy atom. The SMILES string of the molecule is O=C(c1ccccc1)N1CCOCC12CCN(Cc1ccccc1)CC2. The molecule has 2 aliphatic rings. The Hall–Kier alpha value is -2.17. The van der Waals surface area contributed by atoms with Crippen molar-refractivity contribution < 1.29 is 9.53 Å². The van der Waals surface area contributed by atoms with E-state index in [1.54, 1.807) is 0 Å². The average Bonchev–Trinajstić information content (AvgIpc) is 2.71. The lowest BCUT2D eigenvalue weighted by atomic mass is 9.84. The number of rotatable bonds is 3. The van der Waals surface area contributed by atoms with Crippen LogP contribution in [0.4, 0.5) is 0 Å². The first kappa shape index (κ1) is 17.3. The highest BCUT2D eigenvalue weighted by molar-refractivity contribution is 5.94. The molecule has 2 heterocycles. The molecule has 2 aromatic carbocycles. The van der Waals surface area contributed by atoms with Crippen LogP contribution in [0.15, 0.2) is 60.7 Å². The summed E-state index contributed by atoms with van der Waals surface area (Å²) in [5, 5.41) is 0. The van der Waals surface area contributed by atoms with E-state index < -0.39 is 0 Å². The molecule has 0 aromatic heterocycles. The molecule has 2 fully saturated rings. The first-order valence-electron chi connectivity index (χ1n) is 9.48. The molecule has 0 unspecified atom stereocenters. The van der Waals surface area contributed by atoms with E-state index in [1.807, 2.05) is 30.3 Å². The number of hydrogen-bond acceptors (Lipinski definition) is 3. The Morgan fingerprint density at radius 1 is 0.923 bits per heavy atom. The fraction of sp³-hybridized carbons (Fsp3) is 0.409. The molecule has 0 N–H and O–H groups in total. The van der Waals surface area contributed by atoms with Gasteiger partial charge in [-0.2, -0.15) is 0 Å². The van der Waals surface area contributed by atoms with Crippen LogP contribution >= 0.6 is 0 Å². The van der Waals surface area contributed by atoms with E-state index in [4.69, 9.17) is 4.74 Å². The Morgan fingerprint density at radius 3 is 2.27 bits per heavy atom. The number of likely N-dealkylation sites (tertiary alicyclic amines) is 1. The number of nitrogens with zero attached hydrogens (tertiary/aromatic N) is 2. The largest absolute Gasteiger partial charge is 0.377 e. The minimum absolute atomic E-state index is 0.144. The van der Waals surface area contributed by atoms with Gasteiger partial charge in [0.25, 0.3) is 5.91 Å². The van der Waals surface area contributed by atoms with Crippen LogP contribution in [0.2, 0.25) is 0 Å². The predicted octanol–water partition coefficient (Wildman–Crippen LogP) is 3.19. The quantitative estimate of drug-likeness (QED) is 0.852. The van der Waals surface area contributed by atoms with Crippen molar-refractivity contribution in [3.8, 4) is 0 Å². The lowest BCUT2D eigenvalue weighted by Crippen LogP contribution is -2.63. The van der Waals surface area contributed by atoms with E-state index in [0.29, 0.717) is 19.8 Å². The van der Waals surface area contributed by atoms with Gasteiger partial charge in [-0.1, -0.05) is 48.5 Å². The Balaban J connectivity index is 1.46. The maximum absolute atomic E-state index is 13.1. The molecule has 0 bridgehead atoms. The second-order valence-electron chi connectivity index (χ2n) is 7.36. The molecule has 0 saturated carbocycles. The summed E-state index contributed by atoms with van der Waals surface area (Å²) in [4.78, 5) is 17.7. The van der Waals surface area contributed by atoms with Gasteiger partial charge in [-0.25, -0.2) is 0 Å². The Bertz CT molecular complexity index is 724. The molecule has 136 valence electrons. The van der Waals surface area contributed by atoms with Crippen LogP contribution in [0.1, 0.15) is 28.8 Å². The van der Waals surface area contributed by atoms with Crippen molar-refractivity contribution in [2.75, 3.05) is 32.8 Å². The van der Waals surface area contributed by atoms with Crippen LogP contribution in [-0.4, -0.2) is 54.1 Å². The summed E-state index contributed by atoms with van der Waals surface area (Å²) in [6, 6.07) is 20.2. The molecule has 4 nitrogen and oxygen atoms in total. The molecule has 1 spiro atoms. The molecule has 2 saturated heterocycles. The van der Waals surface area contributed by atoms with Crippen molar-refractivity contribution in [3.63, 3.8) is 0 Å². The molecule has 26 heavy (non-hydrogen) atoms. The molecule has 1 amide bonds. The summed E-state index contributed by atoms with van der Waals surface area (Å²) < 4.78 is 5.82. The van der Waals surface area contributed by atoms with Crippen LogP contribution in [0.5, 0.6) is 0 Å². The summed E-state index contributed by atoms with van der Waals surface area (Å²) in [5.74, 6) is 0.144. The normalized spacial score (nSPS) is 20.2. The van der Waals surface area contributed by atoms with Crippen molar-refractivity contribution in [3.05, 3.63) is 71.8 Å². The molecule has 2 aliphatic heterocycles. The number of benzene rings is 2. The summed E-state index contributed by atoms with van der Waals surface area (Å²) in [6.07, 6.45) is 1.94. The minimum Gasteiger partial charge on any atom is -0.377 e. The van der Waals surface area contributed by atoms with Gasteiger partial charge in [0.15, 0.2) is 0 Å². The van der Waals surface area contributed by atoms with Gasteiger partial charge in [-0.05, 0) is 30.5 Å². The average molecular weight is 350 g/mol. The molecule has 4 heteroatoms. The second-order valence-corrected chi connectivity index (χ2v) is 7.36. The van der Waals surface area contributed by atoms with Crippen LogP contribution in [0.25, 0.3) is 0 Å². The number of piperidine rings is 1. The summed E-state index contributed by atoms with van der Waals surface area (Å²) in [7, 11) is 0. The zero-order chi connectivity index (χ0) is 17.8. The van der Waals surface area contributed by atoms with E-state index in [9.17, 15) is 4.79 Å². The van der Waals surface area contributed by atoms with Crippen LogP contribution in [-0.2, 0) is 11.3 Å². The smallest absolute Gasteiger partial charge is 0.254 e. The monoisotopic (exact) mass is 350 g/mol. The van der Waals surface area contributed by atoms with E-state index in [1.165, 1.54) is 5.56 Å². The fourth-order valence-electron chi connectivity index (χ4n) is 4.17. The van der Waals surface area contributed by atoms with Gasteiger partial charge in [0.1, 0.15) is 0 Å². The van der Waals surface area contributed by atoms with E-state index in [2.05, 4.69) is 40.1 Å². The highest BCUT2D eigenvalue weighted by Gasteiger charge is 2.44. The van der Waals surface area contributed by atoms with Crippen LogP contribution in [0.3, 0.4) is 0 Å². The van der Waals surface area contributed by atoms with E-state index >= 15 is 0 Å². The zero-order valence-corrected chi connectivity index (χ0v) is 15.1. The van der Waals surface area contributed by atoms with Gasteiger partial charge in [-0.3, -0.25) is 9.69 Å². The molecule has 0 radical (unpaired) electrons. The van der Waals surface area contributed by atoms with Gasteiger partial charge in [0.05, 0.1) is 18.8 Å². The van der Waals surface area contributed by atoms with Gasteiger partial charge >= 0.3 is 0 Å². The highest BCUT2D eigenvalue weighted by atomic mass is 16.5. The van der Waals surface area contributed by atoms with E-state index in [-0.39, 0.29) is 11.4 Å². The Kier molecular flexibility index (Phi) is 5.05. The summed E-state index contributed by atoms with van der Waals surface area (Å²) in [5.41, 5.74) is 1.97. The first-order valence-corrected chi connectivity index (χ1v) is 9.48. The topological polar surface area (TPSA) is 32.8 Å². The first-order chi connectivity index (χ1) is 12.8. The highest BCUT2D eigenvalue weighted by Crippen LogP contribution is 2.33. The maximum atomic E-state index is 13.1. The van der Waals surface area contributed by atoms with Gasteiger partial charge < -0.3 is 9.64 Å². The number of amides is 1. The van der Waals surface area contributed by atoms with Crippen LogP contribution < -0.4 is 0 Å².